The molecule has 6 heteroatoms. The van der Waals surface area contributed by atoms with Gasteiger partial charge in [-0.15, -0.1) is 0 Å². The summed E-state index contributed by atoms with van der Waals surface area (Å²) in [4.78, 5) is 6.53. The lowest BCUT2D eigenvalue weighted by atomic mass is 10.2. The van der Waals surface area contributed by atoms with Crippen molar-refractivity contribution in [2.45, 2.75) is 26.8 Å². The highest BCUT2D eigenvalue weighted by molar-refractivity contribution is 5.93. The second kappa shape index (κ2) is 9.94. The van der Waals surface area contributed by atoms with Gasteiger partial charge in [0.2, 0.25) is 0 Å². The van der Waals surface area contributed by atoms with Crippen molar-refractivity contribution in [3.05, 3.63) is 18.2 Å². The van der Waals surface area contributed by atoms with Crippen LogP contribution in [0.1, 0.15) is 20.8 Å². The number of nitrogens with one attached hydrogen (secondary N) is 2. The van der Waals surface area contributed by atoms with Crippen LogP contribution in [0.3, 0.4) is 0 Å². The summed E-state index contributed by atoms with van der Waals surface area (Å²) in [6, 6.07) is 6.26. The zero-order valence-electron chi connectivity index (χ0n) is 15.1. The molecule has 1 aromatic carbocycles. The molecule has 23 heavy (non-hydrogen) atoms. The Morgan fingerprint density at radius 2 is 2.04 bits per heavy atom. The summed E-state index contributed by atoms with van der Waals surface area (Å²) in [5, 5.41) is 6.58. The van der Waals surface area contributed by atoms with Gasteiger partial charge < -0.3 is 25.0 Å². The van der Waals surface area contributed by atoms with Crippen LogP contribution in [0.25, 0.3) is 0 Å². The van der Waals surface area contributed by atoms with E-state index < -0.39 is 0 Å². The first-order valence-corrected chi connectivity index (χ1v) is 8.00. The molecule has 0 atom stereocenters. The summed E-state index contributed by atoms with van der Waals surface area (Å²) in [6.07, 6.45) is 0. The van der Waals surface area contributed by atoms with E-state index in [0.717, 1.165) is 36.2 Å². The predicted molar refractivity (Wildman–Crippen MR) is 96.9 cm³/mol. The SMILES string of the molecule is CCOc1cc(NC(=NC)NCCN(C)C(C)C)ccc1OC. The Morgan fingerprint density at radius 3 is 2.61 bits per heavy atom. The zero-order valence-corrected chi connectivity index (χ0v) is 15.1. The van der Waals surface area contributed by atoms with Gasteiger partial charge in [-0.1, -0.05) is 0 Å². The van der Waals surface area contributed by atoms with E-state index in [4.69, 9.17) is 9.47 Å². The summed E-state index contributed by atoms with van der Waals surface area (Å²) in [6.45, 7) is 8.67. The third kappa shape index (κ3) is 6.36. The Morgan fingerprint density at radius 1 is 1.30 bits per heavy atom. The fourth-order valence-corrected chi connectivity index (χ4v) is 1.95. The highest BCUT2D eigenvalue weighted by Gasteiger charge is 2.07. The lowest BCUT2D eigenvalue weighted by Crippen LogP contribution is -2.38. The first-order valence-electron chi connectivity index (χ1n) is 8.00. The minimum Gasteiger partial charge on any atom is -0.493 e. The molecule has 1 rings (SSSR count). The molecule has 0 unspecified atom stereocenters. The Kier molecular flexibility index (Phi) is 8.26. The Balaban J connectivity index is 2.63. The smallest absolute Gasteiger partial charge is 0.195 e. The Labute approximate surface area is 139 Å². The molecule has 1 aromatic rings. The zero-order chi connectivity index (χ0) is 17.2. The standard InChI is InChI=1S/C17H30N4O2/c1-7-23-16-12-14(8-9-15(16)22-6)20-17(18-4)19-10-11-21(5)13(2)3/h8-9,12-13H,7,10-11H2,1-6H3,(H2,18,19,20). The molecule has 0 amide bonds. The van der Waals surface area contributed by atoms with Crippen LogP contribution in [0.5, 0.6) is 11.5 Å². The number of ether oxygens (including phenoxy) is 2. The number of nitrogens with zero attached hydrogens (tertiary/aromatic N) is 2. The number of benzene rings is 1. The highest BCUT2D eigenvalue weighted by Crippen LogP contribution is 2.30. The predicted octanol–water partition coefficient (Wildman–Crippen LogP) is 2.42. The van der Waals surface area contributed by atoms with E-state index in [1.807, 2.05) is 25.1 Å². The number of hydrogen-bond donors (Lipinski definition) is 2. The van der Waals surface area contributed by atoms with Gasteiger partial charge in [0.1, 0.15) is 0 Å². The summed E-state index contributed by atoms with van der Waals surface area (Å²) in [7, 11) is 5.51. The first kappa shape index (κ1) is 19.1. The lowest BCUT2D eigenvalue weighted by Gasteiger charge is -2.21. The molecular formula is C17H30N4O2. The van der Waals surface area contributed by atoms with Gasteiger partial charge in [-0.2, -0.15) is 0 Å². The Bertz CT molecular complexity index is 503. The van der Waals surface area contributed by atoms with E-state index in [-0.39, 0.29) is 0 Å². The van der Waals surface area contributed by atoms with Gasteiger partial charge in [0, 0.05) is 37.9 Å². The van der Waals surface area contributed by atoms with E-state index in [2.05, 4.69) is 41.4 Å². The van der Waals surface area contributed by atoms with Gasteiger partial charge in [-0.05, 0) is 40.0 Å². The van der Waals surface area contributed by atoms with Crippen LogP contribution in [0.4, 0.5) is 5.69 Å². The minimum atomic E-state index is 0.530. The summed E-state index contributed by atoms with van der Waals surface area (Å²) < 4.78 is 10.9. The average molecular weight is 322 g/mol. The molecule has 130 valence electrons. The second-order valence-corrected chi connectivity index (χ2v) is 5.50. The van der Waals surface area contributed by atoms with Crippen molar-refractivity contribution in [2.75, 3.05) is 46.2 Å². The molecular weight excluding hydrogens is 292 g/mol. The molecule has 2 N–H and O–H groups in total. The monoisotopic (exact) mass is 322 g/mol. The molecule has 0 saturated carbocycles. The third-order valence-electron chi connectivity index (χ3n) is 3.59. The van der Waals surface area contributed by atoms with Gasteiger partial charge in [-0.3, -0.25) is 4.99 Å². The summed E-state index contributed by atoms with van der Waals surface area (Å²) >= 11 is 0. The van der Waals surface area contributed by atoms with Gasteiger partial charge in [-0.25, -0.2) is 0 Å². The number of guanidine groups is 1. The fourth-order valence-electron chi connectivity index (χ4n) is 1.95. The molecule has 0 aromatic heterocycles. The van der Waals surface area contributed by atoms with Crippen molar-refractivity contribution in [1.82, 2.24) is 10.2 Å². The van der Waals surface area contributed by atoms with Crippen molar-refractivity contribution in [2.24, 2.45) is 4.99 Å². The summed E-state index contributed by atoms with van der Waals surface area (Å²) in [5.41, 5.74) is 0.902. The van der Waals surface area contributed by atoms with Crippen molar-refractivity contribution in [3.8, 4) is 11.5 Å². The molecule has 0 aliphatic rings. The second-order valence-electron chi connectivity index (χ2n) is 5.50. The molecule has 0 saturated heterocycles. The van der Waals surface area contributed by atoms with E-state index in [0.29, 0.717) is 12.6 Å². The maximum Gasteiger partial charge on any atom is 0.195 e. The van der Waals surface area contributed by atoms with Gasteiger partial charge in [0.15, 0.2) is 17.5 Å². The quantitative estimate of drug-likeness (QED) is 0.569. The summed E-state index contributed by atoms with van der Waals surface area (Å²) in [5.74, 6) is 2.17. The third-order valence-corrected chi connectivity index (χ3v) is 3.59. The van der Waals surface area contributed by atoms with Crippen LogP contribution in [-0.4, -0.2) is 57.8 Å². The lowest BCUT2D eigenvalue weighted by molar-refractivity contribution is 0.278. The molecule has 0 fully saturated rings. The minimum absolute atomic E-state index is 0.530. The molecule has 0 aliphatic carbocycles. The van der Waals surface area contributed by atoms with Crippen LogP contribution in [-0.2, 0) is 0 Å². The molecule has 0 bridgehead atoms. The van der Waals surface area contributed by atoms with E-state index in [1.165, 1.54) is 0 Å². The van der Waals surface area contributed by atoms with Crippen molar-refractivity contribution >= 4 is 11.6 Å². The maximum absolute atomic E-state index is 5.59. The highest BCUT2D eigenvalue weighted by atomic mass is 16.5. The first-order chi connectivity index (χ1) is 11.0. The number of methoxy groups -OCH3 is 1. The maximum atomic E-state index is 5.59. The van der Waals surface area contributed by atoms with Crippen LogP contribution in [0.15, 0.2) is 23.2 Å². The molecule has 0 aliphatic heterocycles. The average Bonchev–Trinajstić information content (AvgIpc) is 2.54. The van der Waals surface area contributed by atoms with Gasteiger partial charge in [0.05, 0.1) is 13.7 Å². The van der Waals surface area contributed by atoms with Crippen LogP contribution >= 0.6 is 0 Å². The van der Waals surface area contributed by atoms with Crippen molar-refractivity contribution in [3.63, 3.8) is 0 Å². The number of aliphatic imine (C=N–C) groups is 1. The normalized spacial score (nSPS) is 11.7. The Hall–Kier alpha value is -1.95. The van der Waals surface area contributed by atoms with Crippen molar-refractivity contribution in [1.29, 1.82) is 0 Å². The van der Waals surface area contributed by atoms with E-state index >= 15 is 0 Å². The number of likely N-dealkylation sites (N-methyl/N-ethyl adjacent to an activating group) is 1. The number of hydrogen-bond acceptors (Lipinski definition) is 4. The number of anilines is 1. The molecule has 0 heterocycles. The molecule has 0 spiro atoms. The largest absolute Gasteiger partial charge is 0.493 e. The molecule has 6 nitrogen and oxygen atoms in total. The molecule has 0 radical (unpaired) electrons. The fraction of sp³-hybridized carbons (Fsp3) is 0.588. The van der Waals surface area contributed by atoms with Crippen LogP contribution in [0, 0.1) is 0 Å². The van der Waals surface area contributed by atoms with E-state index in [9.17, 15) is 0 Å². The van der Waals surface area contributed by atoms with Gasteiger partial charge in [0.25, 0.3) is 0 Å². The number of rotatable bonds is 8. The van der Waals surface area contributed by atoms with Crippen LogP contribution in [0.2, 0.25) is 0 Å². The van der Waals surface area contributed by atoms with Gasteiger partial charge >= 0.3 is 0 Å². The van der Waals surface area contributed by atoms with Crippen LogP contribution < -0.4 is 20.1 Å². The topological polar surface area (TPSA) is 58.1 Å². The van der Waals surface area contributed by atoms with E-state index in [1.54, 1.807) is 14.2 Å². The van der Waals surface area contributed by atoms with Crippen molar-refractivity contribution < 1.29 is 9.47 Å².